The molecule has 1 aliphatic heterocycles. The molecule has 1 rings (SSSR count). The molecule has 1 fully saturated rings. The van der Waals surface area contributed by atoms with E-state index < -0.39 is 0 Å². The van der Waals surface area contributed by atoms with E-state index in [1.165, 1.54) is 12.8 Å². The van der Waals surface area contributed by atoms with E-state index in [1.807, 2.05) is 0 Å². The molecule has 0 saturated carbocycles. The minimum absolute atomic E-state index is 0.617. The monoisotopic (exact) mass is 211 g/mol. The summed E-state index contributed by atoms with van der Waals surface area (Å²) < 4.78 is 2.27. The zero-order valence-electron chi connectivity index (χ0n) is 4.95. The number of hydrogen-bond acceptors (Lipinski definition) is 0. The predicted molar refractivity (Wildman–Crippen MR) is 28.2 cm³/mol. The van der Waals surface area contributed by atoms with Gasteiger partial charge in [0.1, 0.15) is 0 Å². The van der Waals surface area contributed by atoms with E-state index in [1.54, 1.807) is 0 Å². The maximum atomic E-state index is 2.40. The van der Waals surface area contributed by atoms with Crippen LogP contribution < -0.4 is 21.2 Å². The Morgan fingerprint density at radius 2 is 1.57 bits per heavy atom. The summed E-state index contributed by atoms with van der Waals surface area (Å²) in [5.74, 6) is 0. The minimum atomic E-state index is 0.617. The van der Waals surface area contributed by atoms with Gasteiger partial charge in [0, 0.05) is 0 Å². The fourth-order valence-corrected chi connectivity index (χ4v) is 4.49. The van der Waals surface area contributed by atoms with Crippen molar-refractivity contribution >= 4 is 0 Å². The van der Waals surface area contributed by atoms with Crippen LogP contribution in [-0.4, -0.2) is 7.85 Å². The molecule has 0 nitrogen and oxygen atoms in total. The van der Waals surface area contributed by atoms with Crippen LogP contribution in [0.15, 0.2) is 0 Å². The molecule has 7 heavy (non-hydrogen) atoms. The maximum absolute atomic E-state index is 2.40. The van der Waals surface area contributed by atoms with Crippen molar-refractivity contribution in [3.63, 3.8) is 0 Å². The second-order valence-electron chi connectivity index (χ2n) is 2.26. The van der Waals surface area contributed by atoms with Crippen molar-refractivity contribution in [1.29, 1.82) is 0 Å². The summed E-state index contributed by atoms with van der Waals surface area (Å²) in [6.45, 7) is 4.80. The third kappa shape index (κ3) is 1.59. The molecule has 1 aliphatic rings. The molecule has 2 atom stereocenters. The number of rotatable bonds is 0. The molecule has 1 heteroatoms. The Balaban J connectivity index is 2.26. The molecular weight excluding hydrogens is 199 g/mol. The van der Waals surface area contributed by atoms with Crippen LogP contribution in [0.1, 0.15) is 26.7 Å². The number of hydrogen-bond donors (Lipinski definition) is 0. The molecule has 0 radical (unpaired) electrons. The second-order valence-corrected chi connectivity index (χ2v) is 7.24. The zero-order valence-corrected chi connectivity index (χ0v) is 7.10. The predicted octanol–water partition coefficient (Wildman–Crippen LogP) is -1.35. The van der Waals surface area contributed by atoms with Crippen molar-refractivity contribution in [3.8, 4) is 0 Å². The van der Waals surface area contributed by atoms with Crippen LogP contribution >= 0.6 is 0 Å². The third-order valence-corrected chi connectivity index (χ3v) is 5.09. The Bertz CT molecular complexity index is 53.2. The van der Waals surface area contributed by atoms with E-state index in [4.69, 9.17) is 0 Å². The topological polar surface area (TPSA) is 0 Å². The molecule has 0 aliphatic carbocycles. The Labute approximate surface area is 55.9 Å². The summed E-state index contributed by atoms with van der Waals surface area (Å²) in [7, 11) is 0. The first-order valence-corrected chi connectivity index (χ1v) is 5.40. The molecule has 44 valence electrons. The molecule has 1 saturated heterocycles. The summed E-state index contributed by atoms with van der Waals surface area (Å²) >= 11 is 0.617. The first-order valence-electron chi connectivity index (χ1n) is 2.91. The van der Waals surface area contributed by atoms with Crippen molar-refractivity contribution in [2.75, 3.05) is 0 Å². The molecule has 1 heterocycles. The summed E-state index contributed by atoms with van der Waals surface area (Å²) in [6.07, 6.45) is 3.04. The van der Waals surface area contributed by atoms with Crippen LogP contribution in [0.3, 0.4) is 0 Å². The van der Waals surface area contributed by atoms with Gasteiger partial charge < -0.3 is 0 Å². The quantitative estimate of drug-likeness (QED) is 0.343. The van der Waals surface area contributed by atoms with Gasteiger partial charge in [-0.15, -0.1) is 0 Å². The molecule has 0 unspecified atom stereocenters. The Morgan fingerprint density at radius 1 is 1.14 bits per heavy atom. The summed E-state index contributed by atoms with van der Waals surface area (Å²) in [4.78, 5) is 0. The van der Waals surface area contributed by atoms with Gasteiger partial charge in [0.25, 0.3) is 0 Å². The van der Waals surface area contributed by atoms with Gasteiger partial charge >= 0.3 is 55.7 Å². The van der Waals surface area contributed by atoms with Gasteiger partial charge in [0.15, 0.2) is 0 Å². The van der Waals surface area contributed by atoms with Crippen LogP contribution in [0, 0.1) is 0 Å². The van der Waals surface area contributed by atoms with Crippen molar-refractivity contribution in [2.24, 2.45) is 0 Å². The van der Waals surface area contributed by atoms with Crippen molar-refractivity contribution in [2.45, 2.75) is 34.5 Å². The molecule has 0 aromatic heterocycles. The normalized spacial score (nSPS) is 43.1. The van der Waals surface area contributed by atoms with Gasteiger partial charge in [-0.05, 0) is 0 Å². The SMILES string of the molecule is C[C@@H]1CC[C@H](C)[I-]1. The van der Waals surface area contributed by atoms with Gasteiger partial charge in [0.2, 0.25) is 0 Å². The molecule has 0 N–H and O–H groups in total. The summed E-state index contributed by atoms with van der Waals surface area (Å²) in [6, 6.07) is 0. The Kier molecular flexibility index (Phi) is 1.95. The molecule has 0 amide bonds. The molecule has 0 aromatic rings. The van der Waals surface area contributed by atoms with Crippen LogP contribution in [0.2, 0.25) is 0 Å². The van der Waals surface area contributed by atoms with Crippen LogP contribution in [-0.2, 0) is 0 Å². The van der Waals surface area contributed by atoms with Crippen LogP contribution in [0.5, 0.6) is 0 Å². The van der Waals surface area contributed by atoms with E-state index in [2.05, 4.69) is 13.8 Å². The zero-order chi connectivity index (χ0) is 5.28. The molecule has 0 aromatic carbocycles. The van der Waals surface area contributed by atoms with Gasteiger partial charge in [-0.25, -0.2) is 0 Å². The van der Waals surface area contributed by atoms with Crippen molar-refractivity contribution in [1.82, 2.24) is 0 Å². The van der Waals surface area contributed by atoms with Gasteiger partial charge in [-0.1, -0.05) is 0 Å². The van der Waals surface area contributed by atoms with E-state index in [9.17, 15) is 0 Å². The van der Waals surface area contributed by atoms with E-state index >= 15 is 0 Å². The molecule has 0 spiro atoms. The fraction of sp³-hybridized carbons (Fsp3) is 1.00. The summed E-state index contributed by atoms with van der Waals surface area (Å²) in [5, 5.41) is 0. The van der Waals surface area contributed by atoms with Crippen LogP contribution in [0.4, 0.5) is 0 Å². The molecular formula is C6H12I-. The van der Waals surface area contributed by atoms with Crippen molar-refractivity contribution in [3.05, 3.63) is 0 Å². The average Bonchev–Trinajstić information content (AvgIpc) is 1.87. The first-order chi connectivity index (χ1) is 3.29. The van der Waals surface area contributed by atoms with Gasteiger partial charge in [-0.3, -0.25) is 0 Å². The van der Waals surface area contributed by atoms with E-state index in [0.717, 1.165) is 7.85 Å². The van der Waals surface area contributed by atoms with Gasteiger partial charge in [-0.2, -0.15) is 0 Å². The number of halogens is 1. The molecule has 0 bridgehead atoms. The third-order valence-electron chi connectivity index (χ3n) is 1.39. The Morgan fingerprint density at radius 3 is 1.71 bits per heavy atom. The number of alkyl halides is 2. The fourth-order valence-electron chi connectivity index (χ4n) is 0.952. The standard InChI is InChI=1S/C6H12I/c1-5-3-4-6(2)7-5/h5-6H,3-4H2,1-2H3/q-1/t5-,6+. The van der Waals surface area contributed by atoms with E-state index in [0.29, 0.717) is 21.2 Å². The van der Waals surface area contributed by atoms with Crippen molar-refractivity contribution < 1.29 is 21.2 Å². The Hall–Kier alpha value is 0.730. The van der Waals surface area contributed by atoms with Crippen LogP contribution in [0.25, 0.3) is 0 Å². The average molecular weight is 211 g/mol. The van der Waals surface area contributed by atoms with Gasteiger partial charge in [0.05, 0.1) is 0 Å². The summed E-state index contributed by atoms with van der Waals surface area (Å²) in [5.41, 5.74) is 0. The second kappa shape index (κ2) is 2.33. The van der Waals surface area contributed by atoms with E-state index in [-0.39, 0.29) is 0 Å². The first kappa shape index (κ1) is 5.86.